The molecule has 1 fully saturated rings. The van der Waals surface area contributed by atoms with Crippen molar-refractivity contribution in [1.29, 1.82) is 0 Å². The van der Waals surface area contributed by atoms with Crippen molar-refractivity contribution in [2.45, 2.75) is 36.3 Å². The van der Waals surface area contributed by atoms with E-state index in [-0.39, 0.29) is 11.9 Å². The molecule has 1 unspecified atom stereocenters. The van der Waals surface area contributed by atoms with Crippen LogP contribution >= 0.6 is 11.8 Å². The zero-order chi connectivity index (χ0) is 16.2. The Balaban J connectivity index is 1.55. The van der Waals surface area contributed by atoms with Crippen LogP contribution in [0.1, 0.15) is 19.8 Å². The molecule has 1 aliphatic carbocycles. The highest BCUT2D eigenvalue weighted by Crippen LogP contribution is 2.26. The molecule has 120 valence electrons. The van der Waals surface area contributed by atoms with Crippen LogP contribution in [0.2, 0.25) is 0 Å². The summed E-state index contributed by atoms with van der Waals surface area (Å²) in [5.41, 5.74) is 1.66. The van der Waals surface area contributed by atoms with E-state index in [0.29, 0.717) is 10.9 Å². The highest BCUT2D eigenvalue weighted by molar-refractivity contribution is 8.00. The van der Waals surface area contributed by atoms with E-state index < -0.39 is 11.3 Å². The molecule has 1 atom stereocenters. The molecule has 1 aliphatic rings. The third-order valence-corrected chi connectivity index (χ3v) is 4.31. The average molecular weight is 331 g/mol. The maximum absolute atomic E-state index is 12.0. The molecule has 1 saturated carbocycles. The number of carbonyl (C=O) groups is 2. The van der Waals surface area contributed by atoms with Crippen LogP contribution in [0.4, 0.5) is 4.79 Å². The number of nitrogens with zero attached hydrogens (tertiary/aromatic N) is 1. The quantitative estimate of drug-likeness (QED) is 0.823. The molecule has 0 aliphatic heterocycles. The molecule has 1 aromatic carbocycles. The van der Waals surface area contributed by atoms with E-state index in [2.05, 4.69) is 15.6 Å². The summed E-state index contributed by atoms with van der Waals surface area (Å²) in [4.78, 5) is 27.9. The van der Waals surface area contributed by atoms with Gasteiger partial charge in [-0.25, -0.2) is 9.78 Å². The normalized spacial score (nSPS) is 15.0. The van der Waals surface area contributed by atoms with Gasteiger partial charge >= 0.3 is 6.03 Å². The van der Waals surface area contributed by atoms with Crippen molar-refractivity contribution in [3.8, 4) is 11.3 Å². The van der Waals surface area contributed by atoms with Gasteiger partial charge in [-0.1, -0.05) is 42.1 Å². The van der Waals surface area contributed by atoms with Crippen LogP contribution in [0.5, 0.6) is 0 Å². The van der Waals surface area contributed by atoms with Crippen molar-refractivity contribution >= 4 is 23.7 Å². The lowest BCUT2D eigenvalue weighted by Gasteiger charge is -2.09. The lowest BCUT2D eigenvalue weighted by Crippen LogP contribution is -2.43. The lowest BCUT2D eigenvalue weighted by atomic mass is 10.2. The van der Waals surface area contributed by atoms with Gasteiger partial charge in [0.1, 0.15) is 12.0 Å². The van der Waals surface area contributed by atoms with Crippen LogP contribution in [-0.2, 0) is 4.79 Å². The van der Waals surface area contributed by atoms with Gasteiger partial charge in [0.05, 0.1) is 5.25 Å². The van der Waals surface area contributed by atoms with Crippen LogP contribution in [-0.4, -0.2) is 28.2 Å². The summed E-state index contributed by atoms with van der Waals surface area (Å²) < 4.78 is 5.39. The van der Waals surface area contributed by atoms with Gasteiger partial charge in [-0.15, -0.1) is 0 Å². The summed E-state index contributed by atoms with van der Waals surface area (Å²) in [5.74, 6) is -0.368. The Hall–Kier alpha value is -2.28. The number of nitrogens with one attached hydrogen (secondary N) is 2. The first kappa shape index (κ1) is 15.6. The molecule has 0 bridgehead atoms. The van der Waals surface area contributed by atoms with Crippen LogP contribution in [0, 0.1) is 0 Å². The van der Waals surface area contributed by atoms with Crippen LogP contribution in [0.15, 0.2) is 46.2 Å². The minimum Gasteiger partial charge on any atom is -0.439 e. The molecule has 3 amide bonds. The summed E-state index contributed by atoms with van der Waals surface area (Å²) in [7, 11) is 0. The zero-order valence-electron chi connectivity index (χ0n) is 12.6. The number of benzene rings is 1. The first-order valence-electron chi connectivity index (χ1n) is 7.41. The van der Waals surface area contributed by atoms with Crippen molar-refractivity contribution in [2.75, 3.05) is 0 Å². The number of amides is 3. The molecule has 1 heterocycles. The number of hydrogen-bond acceptors (Lipinski definition) is 5. The number of hydrogen-bond donors (Lipinski definition) is 2. The fourth-order valence-electron chi connectivity index (χ4n) is 1.92. The van der Waals surface area contributed by atoms with E-state index in [1.54, 1.807) is 13.2 Å². The molecule has 1 aromatic heterocycles. The minimum absolute atomic E-state index is 0.214. The number of thioether (sulfide) groups is 1. The van der Waals surface area contributed by atoms with Crippen molar-refractivity contribution in [3.05, 3.63) is 36.6 Å². The molecule has 6 nitrogen and oxygen atoms in total. The molecule has 2 N–H and O–H groups in total. The predicted molar refractivity (Wildman–Crippen MR) is 87.0 cm³/mol. The maximum atomic E-state index is 12.0. The van der Waals surface area contributed by atoms with E-state index in [1.165, 1.54) is 11.8 Å². The predicted octanol–water partition coefficient (Wildman–Crippen LogP) is 2.81. The van der Waals surface area contributed by atoms with Gasteiger partial charge in [0.15, 0.2) is 0 Å². The molecule has 0 radical (unpaired) electrons. The van der Waals surface area contributed by atoms with Crippen molar-refractivity contribution in [1.82, 2.24) is 15.6 Å². The number of rotatable bonds is 5. The summed E-state index contributed by atoms with van der Waals surface area (Å²) in [6.45, 7) is 1.71. The van der Waals surface area contributed by atoms with Crippen LogP contribution in [0.25, 0.3) is 11.3 Å². The van der Waals surface area contributed by atoms with Gasteiger partial charge in [0.2, 0.25) is 5.91 Å². The van der Waals surface area contributed by atoms with Crippen LogP contribution < -0.4 is 10.6 Å². The van der Waals surface area contributed by atoms with Crippen molar-refractivity contribution in [2.24, 2.45) is 0 Å². The SMILES string of the molecule is CC(Sc1nc(-c2ccccc2)co1)C(=O)NC(=O)NC1CC1. The Morgan fingerprint density at radius 2 is 2.04 bits per heavy atom. The van der Waals surface area contributed by atoms with Crippen molar-refractivity contribution in [3.63, 3.8) is 0 Å². The number of oxazole rings is 1. The van der Waals surface area contributed by atoms with E-state index in [4.69, 9.17) is 4.42 Å². The van der Waals surface area contributed by atoms with Crippen molar-refractivity contribution < 1.29 is 14.0 Å². The standard InChI is InChI=1S/C16H17N3O3S/c1-10(14(20)19-15(21)17-12-7-8-12)23-16-18-13(9-22-16)11-5-3-2-4-6-11/h2-6,9-10,12H,7-8H2,1H3,(H2,17,19,20,21). The third kappa shape index (κ3) is 4.35. The largest absolute Gasteiger partial charge is 0.439 e. The Kier molecular flexibility index (Phi) is 4.66. The van der Waals surface area contributed by atoms with E-state index in [1.807, 2.05) is 30.3 Å². The smallest absolute Gasteiger partial charge is 0.321 e. The first-order valence-corrected chi connectivity index (χ1v) is 8.29. The van der Waals surface area contributed by atoms with Gasteiger partial charge in [-0.3, -0.25) is 10.1 Å². The summed E-state index contributed by atoms with van der Waals surface area (Å²) in [6, 6.07) is 9.41. The Morgan fingerprint density at radius 3 is 2.74 bits per heavy atom. The molecule has 0 spiro atoms. The zero-order valence-corrected chi connectivity index (χ0v) is 13.4. The minimum atomic E-state index is -0.484. The fourth-order valence-corrected chi connectivity index (χ4v) is 2.64. The average Bonchev–Trinajstić information content (AvgIpc) is 3.23. The molecular weight excluding hydrogens is 314 g/mol. The Morgan fingerprint density at radius 1 is 1.30 bits per heavy atom. The second-order valence-corrected chi connectivity index (χ2v) is 6.65. The number of aromatic nitrogens is 1. The molecule has 3 rings (SSSR count). The topological polar surface area (TPSA) is 84.2 Å². The van der Waals surface area contributed by atoms with E-state index in [9.17, 15) is 9.59 Å². The summed E-state index contributed by atoms with van der Waals surface area (Å²) in [6.07, 6.45) is 3.51. The van der Waals surface area contributed by atoms with E-state index in [0.717, 1.165) is 18.4 Å². The highest BCUT2D eigenvalue weighted by Gasteiger charge is 2.25. The van der Waals surface area contributed by atoms with Gasteiger partial charge < -0.3 is 9.73 Å². The molecular formula is C16H17N3O3S. The van der Waals surface area contributed by atoms with E-state index >= 15 is 0 Å². The fraction of sp³-hybridized carbons (Fsp3) is 0.312. The van der Waals surface area contributed by atoms with Gasteiger partial charge in [0, 0.05) is 11.6 Å². The molecule has 2 aromatic rings. The summed E-state index contributed by atoms with van der Waals surface area (Å²) >= 11 is 1.17. The number of carbonyl (C=O) groups excluding carboxylic acids is 2. The first-order chi connectivity index (χ1) is 11.1. The second kappa shape index (κ2) is 6.87. The molecule has 23 heavy (non-hydrogen) atoms. The van der Waals surface area contributed by atoms with Gasteiger partial charge in [0.25, 0.3) is 5.22 Å². The third-order valence-electron chi connectivity index (χ3n) is 3.35. The lowest BCUT2D eigenvalue weighted by molar-refractivity contribution is -0.119. The number of urea groups is 1. The Bertz CT molecular complexity index is 698. The molecule has 0 saturated heterocycles. The number of imide groups is 1. The Labute approximate surface area is 138 Å². The monoisotopic (exact) mass is 331 g/mol. The molecule has 7 heteroatoms. The van der Waals surface area contributed by atoms with Crippen LogP contribution in [0.3, 0.4) is 0 Å². The second-order valence-electron chi connectivity index (χ2n) is 5.36. The highest BCUT2D eigenvalue weighted by atomic mass is 32.2. The summed E-state index contributed by atoms with van der Waals surface area (Å²) in [5, 5.41) is 4.95. The van der Waals surface area contributed by atoms with Gasteiger partial charge in [-0.2, -0.15) is 0 Å². The maximum Gasteiger partial charge on any atom is 0.321 e. The van der Waals surface area contributed by atoms with Gasteiger partial charge in [-0.05, 0) is 19.8 Å².